The van der Waals surface area contributed by atoms with Gasteiger partial charge in [0.2, 0.25) is 0 Å². The van der Waals surface area contributed by atoms with Crippen LogP contribution in [0.4, 0.5) is 11.4 Å². The van der Waals surface area contributed by atoms with Gasteiger partial charge in [0.1, 0.15) is 0 Å². The van der Waals surface area contributed by atoms with Crippen molar-refractivity contribution in [3.8, 4) is 56.4 Å². The van der Waals surface area contributed by atoms with Crippen molar-refractivity contribution in [2.75, 3.05) is 0 Å². The van der Waals surface area contributed by atoms with Crippen LogP contribution in [0.5, 0.6) is 0 Å². The van der Waals surface area contributed by atoms with E-state index in [2.05, 4.69) is 80.6 Å². The van der Waals surface area contributed by atoms with Gasteiger partial charge in [-0.15, -0.1) is 0 Å². The van der Waals surface area contributed by atoms with E-state index in [0.29, 0.717) is 11.6 Å². The van der Waals surface area contributed by atoms with E-state index in [1.165, 1.54) is 0 Å². The van der Waals surface area contributed by atoms with Crippen LogP contribution in [0.2, 0.25) is 0 Å². The van der Waals surface area contributed by atoms with Gasteiger partial charge in [-0.2, -0.15) is 0 Å². The second-order valence-electron chi connectivity index (χ2n) is 14.1. The predicted octanol–water partition coefficient (Wildman–Crippen LogP) is 12.2. The van der Waals surface area contributed by atoms with E-state index >= 15 is 0 Å². The molecule has 0 aliphatic rings. The first-order valence-electron chi connectivity index (χ1n) is 19.6. The van der Waals surface area contributed by atoms with Crippen LogP contribution in [0.3, 0.4) is 0 Å². The average molecular weight is 771 g/mol. The van der Waals surface area contributed by atoms with Crippen LogP contribution in [0.15, 0.2) is 204 Å². The highest BCUT2D eigenvalue weighted by Gasteiger charge is 2.16. The zero-order valence-corrected chi connectivity index (χ0v) is 32.2. The highest BCUT2D eigenvalue weighted by molar-refractivity contribution is 5.99. The molecule has 10 aromatic rings. The number of benzene rings is 6. The van der Waals surface area contributed by atoms with E-state index in [1.807, 2.05) is 121 Å². The lowest BCUT2D eigenvalue weighted by atomic mass is 9.97. The molecule has 0 aliphatic heterocycles. The normalized spacial score (nSPS) is 11.5. The van der Waals surface area contributed by atoms with Gasteiger partial charge in [-0.1, -0.05) is 84.9 Å². The molecule has 0 saturated carbocycles. The summed E-state index contributed by atoms with van der Waals surface area (Å²) in [6, 6.07) is 60.8. The SMILES string of the molecule is C(=Nc1ccc(-c2nc(-c3ccccc3)c3cc(-c4ccc5nc(-c6ccc(N=Cc7ccccn7)cc6)nc(-c6ccccc6)c5c4)ccc3n2)cc1)c1ccccn1. The smallest absolute Gasteiger partial charge is 0.160 e. The Balaban J connectivity index is 1.02. The Morgan fingerprint density at radius 1 is 0.333 bits per heavy atom. The maximum absolute atomic E-state index is 5.18. The standard InChI is InChI=1S/C52H34N8/c1-3-11-35(12-4-1)49-45-31-39(21-27-47(45)57-51(59-49)37-17-23-41(24-18-37)55-33-43-15-7-9-29-53-43)40-22-28-48-46(32-40)50(36-13-5-2-6-14-36)60-52(58-48)38-19-25-42(26-20-38)56-34-44-16-8-10-30-54-44/h1-34H. The molecule has 0 radical (unpaired) electrons. The van der Waals surface area contributed by atoms with Crippen LogP contribution in [0, 0.1) is 0 Å². The molecule has 0 N–H and O–H groups in total. The molecule has 4 aromatic heterocycles. The number of aliphatic imine (C=N–C) groups is 2. The number of nitrogens with zero attached hydrogens (tertiary/aromatic N) is 8. The summed E-state index contributed by atoms with van der Waals surface area (Å²) in [5, 5.41) is 1.92. The topological polar surface area (TPSA) is 102 Å². The molecular formula is C52H34N8. The zero-order valence-electron chi connectivity index (χ0n) is 32.2. The van der Waals surface area contributed by atoms with Crippen molar-refractivity contribution < 1.29 is 0 Å². The van der Waals surface area contributed by atoms with Crippen LogP contribution in [0.25, 0.3) is 78.2 Å². The molecule has 282 valence electrons. The van der Waals surface area contributed by atoms with Gasteiger partial charge in [0.15, 0.2) is 11.6 Å². The van der Waals surface area contributed by atoms with Crippen LogP contribution < -0.4 is 0 Å². The molecule has 60 heavy (non-hydrogen) atoms. The van der Waals surface area contributed by atoms with E-state index < -0.39 is 0 Å². The highest BCUT2D eigenvalue weighted by atomic mass is 14.9. The lowest BCUT2D eigenvalue weighted by molar-refractivity contribution is 1.23. The van der Waals surface area contributed by atoms with Gasteiger partial charge in [0, 0.05) is 45.4 Å². The summed E-state index contributed by atoms with van der Waals surface area (Å²) in [6.07, 6.45) is 7.04. The third kappa shape index (κ3) is 7.68. The van der Waals surface area contributed by atoms with E-state index in [9.17, 15) is 0 Å². The van der Waals surface area contributed by atoms with E-state index in [-0.39, 0.29) is 0 Å². The third-order valence-electron chi connectivity index (χ3n) is 10.1. The Kier molecular flexibility index (Phi) is 9.75. The number of rotatable bonds is 9. The van der Waals surface area contributed by atoms with Crippen LogP contribution >= 0.6 is 0 Å². The number of hydrogen-bond donors (Lipinski definition) is 0. The van der Waals surface area contributed by atoms with Crippen molar-refractivity contribution in [2.24, 2.45) is 9.98 Å². The first-order valence-corrected chi connectivity index (χ1v) is 19.6. The van der Waals surface area contributed by atoms with Crippen molar-refractivity contribution >= 4 is 45.6 Å². The maximum atomic E-state index is 5.18. The molecule has 8 nitrogen and oxygen atoms in total. The summed E-state index contributed by atoms with van der Waals surface area (Å²) in [5.74, 6) is 1.29. The van der Waals surface area contributed by atoms with Gasteiger partial charge in [0.05, 0.1) is 57.6 Å². The van der Waals surface area contributed by atoms with Crippen LogP contribution in [-0.4, -0.2) is 42.3 Å². The minimum Gasteiger partial charge on any atom is -0.255 e. The fourth-order valence-electron chi connectivity index (χ4n) is 7.09. The predicted molar refractivity (Wildman–Crippen MR) is 243 cm³/mol. The molecule has 0 spiro atoms. The Hall–Kier alpha value is -8.36. The lowest BCUT2D eigenvalue weighted by Gasteiger charge is -2.13. The molecular weight excluding hydrogens is 737 g/mol. The van der Waals surface area contributed by atoms with E-state index in [1.54, 1.807) is 24.8 Å². The molecule has 6 aromatic carbocycles. The fourth-order valence-corrected chi connectivity index (χ4v) is 7.09. The van der Waals surface area contributed by atoms with Crippen LogP contribution in [0.1, 0.15) is 11.4 Å². The Morgan fingerprint density at radius 2 is 0.733 bits per heavy atom. The lowest BCUT2D eigenvalue weighted by Crippen LogP contribution is -1.96. The Bertz CT molecular complexity index is 2940. The summed E-state index contributed by atoms with van der Waals surface area (Å²) in [4.78, 5) is 38.4. The summed E-state index contributed by atoms with van der Waals surface area (Å²) in [5.41, 5.74) is 12.6. The summed E-state index contributed by atoms with van der Waals surface area (Å²) >= 11 is 0. The average Bonchev–Trinajstić information content (AvgIpc) is 3.33. The summed E-state index contributed by atoms with van der Waals surface area (Å²) in [7, 11) is 0. The minimum atomic E-state index is 0.646. The van der Waals surface area contributed by atoms with Crippen LogP contribution in [-0.2, 0) is 0 Å². The molecule has 0 atom stereocenters. The molecule has 10 rings (SSSR count). The second kappa shape index (κ2) is 16.2. The quantitative estimate of drug-likeness (QED) is 0.135. The number of pyridine rings is 2. The summed E-state index contributed by atoms with van der Waals surface area (Å²) < 4.78 is 0. The maximum Gasteiger partial charge on any atom is 0.160 e. The van der Waals surface area contributed by atoms with E-state index in [4.69, 9.17) is 19.9 Å². The van der Waals surface area contributed by atoms with Gasteiger partial charge in [0.25, 0.3) is 0 Å². The van der Waals surface area contributed by atoms with Crippen molar-refractivity contribution in [1.29, 1.82) is 0 Å². The molecule has 0 aliphatic carbocycles. The fraction of sp³-hybridized carbons (Fsp3) is 0. The van der Waals surface area contributed by atoms with Crippen molar-refractivity contribution in [3.63, 3.8) is 0 Å². The van der Waals surface area contributed by atoms with Gasteiger partial charge in [-0.3, -0.25) is 20.0 Å². The van der Waals surface area contributed by atoms with Crippen molar-refractivity contribution in [1.82, 2.24) is 29.9 Å². The van der Waals surface area contributed by atoms with Gasteiger partial charge in [-0.05, 0) is 108 Å². The van der Waals surface area contributed by atoms with Crippen molar-refractivity contribution in [2.45, 2.75) is 0 Å². The molecule has 0 amide bonds. The largest absolute Gasteiger partial charge is 0.255 e. The molecule has 0 bridgehead atoms. The van der Waals surface area contributed by atoms with E-state index in [0.717, 1.165) is 89.3 Å². The summed E-state index contributed by atoms with van der Waals surface area (Å²) in [6.45, 7) is 0. The Morgan fingerprint density at radius 3 is 1.13 bits per heavy atom. The van der Waals surface area contributed by atoms with Gasteiger partial charge >= 0.3 is 0 Å². The molecule has 0 fully saturated rings. The third-order valence-corrected chi connectivity index (χ3v) is 10.1. The zero-order chi connectivity index (χ0) is 40.1. The minimum absolute atomic E-state index is 0.646. The highest BCUT2D eigenvalue weighted by Crippen LogP contribution is 2.36. The molecule has 8 heteroatoms. The number of aromatic nitrogens is 6. The monoisotopic (exact) mass is 770 g/mol. The Labute approximate surface area is 346 Å². The molecule has 0 saturated heterocycles. The first kappa shape index (κ1) is 36.0. The van der Waals surface area contributed by atoms with Gasteiger partial charge in [-0.25, -0.2) is 19.9 Å². The van der Waals surface area contributed by atoms with Gasteiger partial charge < -0.3 is 0 Å². The first-order chi connectivity index (χ1) is 29.7. The second-order valence-corrected chi connectivity index (χ2v) is 14.1. The number of fused-ring (bicyclic) bond motifs is 2. The molecule has 0 unspecified atom stereocenters. The number of hydrogen-bond acceptors (Lipinski definition) is 8. The van der Waals surface area contributed by atoms with Crippen molar-refractivity contribution in [3.05, 3.63) is 206 Å². The molecule has 4 heterocycles.